The maximum Gasteiger partial charge on any atom is 0.256 e. The number of carbonyl (C=O) groups is 2. The van der Waals surface area contributed by atoms with Gasteiger partial charge in [0.1, 0.15) is 30.5 Å². The molecule has 2 fully saturated rings. The molecule has 0 spiro atoms. The number of ether oxygens (including phenoxy) is 1. The van der Waals surface area contributed by atoms with E-state index < -0.39 is 36.7 Å². The smallest absolute Gasteiger partial charge is 0.256 e. The molecule has 2 saturated heterocycles. The van der Waals surface area contributed by atoms with Crippen molar-refractivity contribution in [3.8, 4) is 0 Å². The Kier molecular flexibility index (Phi) is 5.07. The lowest BCUT2D eigenvalue weighted by Gasteiger charge is -2.40. The maximum absolute atomic E-state index is 13.2. The van der Waals surface area contributed by atoms with Gasteiger partial charge in [0.05, 0.1) is 17.8 Å². The van der Waals surface area contributed by atoms with Gasteiger partial charge in [0.15, 0.2) is 6.29 Å². The molecular formula is C18H21ClN2O7. The normalized spacial score (nSPS) is 35.6. The first kappa shape index (κ1) is 19.6. The van der Waals surface area contributed by atoms with Crippen LogP contribution in [0, 0.1) is 0 Å². The largest absolute Gasteiger partial charge is 0.388 e. The van der Waals surface area contributed by atoms with E-state index in [0.717, 1.165) is 0 Å². The highest BCUT2D eigenvalue weighted by atomic mass is 35.5. The summed E-state index contributed by atoms with van der Waals surface area (Å²) in [6.07, 6.45) is -6.49. The number of rotatable bonds is 2. The van der Waals surface area contributed by atoms with Crippen LogP contribution in [-0.2, 0) is 9.53 Å². The molecule has 4 N–H and O–H groups in total. The number of benzene rings is 1. The number of amides is 2. The molecule has 1 unspecified atom stereocenters. The fourth-order valence-corrected chi connectivity index (χ4v) is 4.26. The summed E-state index contributed by atoms with van der Waals surface area (Å²) in [7, 11) is 0. The van der Waals surface area contributed by atoms with Crippen molar-refractivity contribution >= 4 is 29.1 Å². The second-order valence-electron chi connectivity index (χ2n) is 7.30. The van der Waals surface area contributed by atoms with Gasteiger partial charge in [-0.05, 0) is 31.0 Å². The van der Waals surface area contributed by atoms with Gasteiger partial charge >= 0.3 is 0 Å². The van der Waals surface area contributed by atoms with E-state index in [1.807, 2.05) is 0 Å². The second-order valence-corrected chi connectivity index (χ2v) is 7.74. The van der Waals surface area contributed by atoms with E-state index in [-0.39, 0.29) is 23.9 Å². The van der Waals surface area contributed by atoms with Crippen LogP contribution in [0.4, 0.5) is 5.69 Å². The van der Waals surface area contributed by atoms with Crippen LogP contribution in [-0.4, -0.2) is 87.0 Å². The molecule has 0 bridgehead atoms. The van der Waals surface area contributed by atoms with Crippen molar-refractivity contribution in [1.82, 2.24) is 4.90 Å². The zero-order valence-electron chi connectivity index (χ0n) is 14.8. The van der Waals surface area contributed by atoms with Gasteiger partial charge in [-0.15, -0.1) is 0 Å². The van der Waals surface area contributed by atoms with Crippen molar-refractivity contribution < 1.29 is 34.8 Å². The number of hydrogen-bond donors (Lipinski definition) is 4. The molecule has 2 amide bonds. The summed E-state index contributed by atoms with van der Waals surface area (Å²) in [6.45, 7) is 0.244. The monoisotopic (exact) mass is 412 g/mol. The van der Waals surface area contributed by atoms with Crippen LogP contribution < -0.4 is 4.90 Å². The molecule has 4 rings (SSSR count). The van der Waals surface area contributed by atoms with Gasteiger partial charge in [0, 0.05) is 11.6 Å². The van der Waals surface area contributed by atoms with Gasteiger partial charge in [-0.25, -0.2) is 0 Å². The number of anilines is 1. The number of aliphatic hydroxyl groups is 4. The molecule has 3 aliphatic heterocycles. The Morgan fingerprint density at radius 3 is 2.61 bits per heavy atom. The lowest BCUT2D eigenvalue weighted by atomic mass is 9.98. The van der Waals surface area contributed by atoms with Crippen molar-refractivity contribution in [3.63, 3.8) is 0 Å². The molecule has 1 aromatic rings. The fraction of sp³-hybridized carbons (Fsp3) is 0.556. The van der Waals surface area contributed by atoms with Crippen molar-refractivity contribution in [2.24, 2.45) is 0 Å². The minimum absolute atomic E-state index is 0.215. The van der Waals surface area contributed by atoms with Crippen molar-refractivity contribution in [2.45, 2.75) is 49.6 Å². The Morgan fingerprint density at radius 1 is 1.11 bits per heavy atom. The molecule has 152 valence electrons. The third kappa shape index (κ3) is 3.08. The molecule has 28 heavy (non-hydrogen) atoms. The Morgan fingerprint density at radius 2 is 1.86 bits per heavy atom. The molecular weight excluding hydrogens is 392 g/mol. The summed E-state index contributed by atoms with van der Waals surface area (Å²) in [5.74, 6) is -0.630. The number of carbonyl (C=O) groups excluding carboxylic acids is 2. The molecule has 6 atom stereocenters. The van der Waals surface area contributed by atoms with Crippen LogP contribution in [0.15, 0.2) is 18.2 Å². The van der Waals surface area contributed by atoms with E-state index in [1.54, 1.807) is 12.1 Å². The van der Waals surface area contributed by atoms with Crippen LogP contribution >= 0.6 is 11.6 Å². The van der Waals surface area contributed by atoms with Crippen LogP contribution in [0.25, 0.3) is 0 Å². The van der Waals surface area contributed by atoms with E-state index in [1.165, 1.54) is 15.9 Å². The Balaban J connectivity index is 1.72. The fourth-order valence-electron chi connectivity index (χ4n) is 4.08. The SMILES string of the molecule is O=C1C2CCCN2C(=O)c2cc(Cl)ccc2N1C[C@H]1O[C@@H](O)[C@H](O)[C@@H](O)[C@@H]1O. The number of halogens is 1. The number of aliphatic hydroxyl groups excluding tert-OH is 4. The zero-order valence-corrected chi connectivity index (χ0v) is 15.6. The zero-order chi connectivity index (χ0) is 20.2. The summed E-state index contributed by atoms with van der Waals surface area (Å²) < 4.78 is 5.23. The predicted octanol–water partition coefficient (Wildman–Crippen LogP) is -0.909. The van der Waals surface area contributed by atoms with Crippen LogP contribution in [0.5, 0.6) is 0 Å². The van der Waals surface area contributed by atoms with E-state index in [9.17, 15) is 30.0 Å². The molecule has 0 aromatic heterocycles. The minimum atomic E-state index is -1.71. The summed E-state index contributed by atoms with van der Waals surface area (Å²) in [5.41, 5.74) is 0.580. The van der Waals surface area contributed by atoms with Gasteiger partial charge in [-0.3, -0.25) is 9.59 Å². The molecule has 10 heteroatoms. The van der Waals surface area contributed by atoms with Crippen LogP contribution in [0.3, 0.4) is 0 Å². The minimum Gasteiger partial charge on any atom is -0.388 e. The lowest BCUT2D eigenvalue weighted by Crippen LogP contribution is -2.61. The third-order valence-corrected chi connectivity index (χ3v) is 5.83. The van der Waals surface area contributed by atoms with Crippen molar-refractivity contribution in [1.29, 1.82) is 0 Å². The summed E-state index contributed by atoms with van der Waals surface area (Å²) >= 11 is 6.06. The Hall–Kier alpha value is -1.75. The standard InChI is InChI=1S/C18H21ClN2O7/c19-8-3-4-10-9(6-8)16(25)20-5-1-2-11(20)17(26)21(10)7-12-13(22)14(23)15(24)18(27)28-12/h3-4,6,11-15,18,22-24,27H,1-2,5,7H2/t11?,12-,13-,14+,15-,18-/m1/s1. The Bertz CT molecular complexity index is 806. The quantitative estimate of drug-likeness (QED) is 0.494. The van der Waals surface area contributed by atoms with E-state index >= 15 is 0 Å². The van der Waals surface area contributed by atoms with Gasteiger partial charge in [-0.2, -0.15) is 0 Å². The first-order valence-electron chi connectivity index (χ1n) is 9.09. The number of fused-ring (bicyclic) bond motifs is 2. The highest BCUT2D eigenvalue weighted by Gasteiger charge is 2.47. The third-order valence-electron chi connectivity index (χ3n) is 5.59. The first-order chi connectivity index (χ1) is 13.3. The van der Waals surface area contributed by atoms with Crippen molar-refractivity contribution in [2.75, 3.05) is 18.0 Å². The second kappa shape index (κ2) is 7.25. The highest BCUT2D eigenvalue weighted by Crippen LogP contribution is 2.35. The van der Waals surface area contributed by atoms with Gasteiger partial charge < -0.3 is 35.0 Å². The molecule has 3 heterocycles. The van der Waals surface area contributed by atoms with E-state index in [2.05, 4.69) is 0 Å². The average molecular weight is 413 g/mol. The predicted molar refractivity (Wildman–Crippen MR) is 96.8 cm³/mol. The lowest BCUT2D eigenvalue weighted by molar-refractivity contribution is -0.279. The molecule has 0 radical (unpaired) electrons. The summed E-state index contributed by atoms with van der Waals surface area (Å²) in [4.78, 5) is 29.0. The van der Waals surface area contributed by atoms with Crippen LogP contribution in [0.1, 0.15) is 23.2 Å². The summed E-state index contributed by atoms with van der Waals surface area (Å²) in [5, 5.41) is 40.0. The molecule has 1 aromatic carbocycles. The highest BCUT2D eigenvalue weighted by molar-refractivity contribution is 6.31. The van der Waals surface area contributed by atoms with Crippen LogP contribution in [0.2, 0.25) is 5.02 Å². The van der Waals surface area contributed by atoms with Gasteiger partial charge in [-0.1, -0.05) is 11.6 Å². The van der Waals surface area contributed by atoms with E-state index in [0.29, 0.717) is 30.1 Å². The Labute approximate surface area is 165 Å². The van der Waals surface area contributed by atoms with E-state index in [4.69, 9.17) is 16.3 Å². The number of nitrogens with zero attached hydrogens (tertiary/aromatic N) is 2. The van der Waals surface area contributed by atoms with Gasteiger partial charge in [0.2, 0.25) is 5.91 Å². The molecule has 0 saturated carbocycles. The van der Waals surface area contributed by atoms with Gasteiger partial charge in [0.25, 0.3) is 5.91 Å². The topological polar surface area (TPSA) is 131 Å². The van der Waals surface area contributed by atoms with Crippen molar-refractivity contribution in [3.05, 3.63) is 28.8 Å². The molecule has 9 nitrogen and oxygen atoms in total. The average Bonchev–Trinajstić information content (AvgIpc) is 3.14. The maximum atomic E-state index is 13.2. The molecule has 3 aliphatic rings. The first-order valence-corrected chi connectivity index (χ1v) is 9.47. The molecule has 0 aliphatic carbocycles. The summed E-state index contributed by atoms with van der Waals surface area (Å²) in [6, 6.07) is 3.95. The number of hydrogen-bond acceptors (Lipinski definition) is 7.